The second-order valence-corrected chi connectivity index (χ2v) is 1.89. The average Bonchev–Trinajstić information content (AvgIpc) is 1.89. The summed E-state index contributed by atoms with van der Waals surface area (Å²) in [5.41, 5.74) is 5.25. The molecule has 0 unspecified atom stereocenters. The van der Waals surface area contributed by atoms with E-state index in [0.29, 0.717) is 6.54 Å². The number of hydrogen-bond acceptors (Lipinski definition) is 3. The van der Waals surface area contributed by atoms with Gasteiger partial charge in [-0.25, -0.2) is 0 Å². The molecule has 0 spiro atoms. The lowest BCUT2D eigenvalue weighted by Gasteiger charge is -2.00. The fourth-order valence-corrected chi connectivity index (χ4v) is 0.569. The summed E-state index contributed by atoms with van der Waals surface area (Å²) in [5, 5.41) is 3.16. The van der Waals surface area contributed by atoms with E-state index < -0.39 is 0 Å². The van der Waals surface area contributed by atoms with Crippen LogP contribution in [0.4, 0.5) is 0 Å². The van der Waals surface area contributed by atoms with Gasteiger partial charge in [0.15, 0.2) is 0 Å². The van der Waals surface area contributed by atoms with Crippen LogP contribution < -0.4 is 11.1 Å². The van der Waals surface area contributed by atoms with Crippen molar-refractivity contribution < 1.29 is 4.74 Å². The van der Waals surface area contributed by atoms with Crippen molar-refractivity contribution in [1.82, 2.24) is 5.32 Å². The van der Waals surface area contributed by atoms with Crippen molar-refractivity contribution in [3.63, 3.8) is 0 Å². The van der Waals surface area contributed by atoms with Crippen LogP contribution in [0.25, 0.3) is 0 Å². The molecule has 0 aromatic carbocycles. The monoisotopic (exact) mass is 132 g/mol. The Balaban J connectivity index is 2.60. The molecule has 0 saturated heterocycles. The molecule has 0 rings (SSSR count). The van der Waals surface area contributed by atoms with Gasteiger partial charge >= 0.3 is 0 Å². The average molecular weight is 132 g/mol. The first-order valence-corrected chi connectivity index (χ1v) is 3.31. The van der Waals surface area contributed by atoms with Gasteiger partial charge in [0, 0.05) is 26.8 Å². The Morgan fingerprint density at radius 2 is 2.22 bits per heavy atom. The zero-order valence-corrected chi connectivity index (χ0v) is 6.02. The van der Waals surface area contributed by atoms with Crippen LogP contribution in [0.1, 0.15) is 6.42 Å². The predicted molar refractivity (Wildman–Crippen MR) is 38.4 cm³/mol. The van der Waals surface area contributed by atoms with E-state index in [1.165, 1.54) is 0 Å². The molecule has 3 N–H and O–H groups in total. The maximum absolute atomic E-state index is 5.25. The lowest BCUT2D eigenvalue weighted by Crippen LogP contribution is -2.23. The molecule has 9 heavy (non-hydrogen) atoms. The van der Waals surface area contributed by atoms with E-state index >= 15 is 0 Å². The van der Waals surface area contributed by atoms with E-state index in [2.05, 4.69) is 5.32 Å². The molecule has 3 heteroatoms. The van der Waals surface area contributed by atoms with E-state index in [0.717, 1.165) is 26.1 Å². The molecule has 0 aromatic heterocycles. The molecular weight excluding hydrogens is 116 g/mol. The first-order chi connectivity index (χ1) is 4.41. The minimum Gasteiger partial charge on any atom is -0.385 e. The molecule has 0 heterocycles. The summed E-state index contributed by atoms with van der Waals surface area (Å²) in [5.74, 6) is 0. The summed E-state index contributed by atoms with van der Waals surface area (Å²) in [6.45, 7) is 3.46. The fraction of sp³-hybridized carbons (Fsp3) is 1.00. The highest BCUT2D eigenvalue weighted by atomic mass is 16.5. The van der Waals surface area contributed by atoms with Crippen LogP contribution in [0, 0.1) is 0 Å². The highest BCUT2D eigenvalue weighted by Gasteiger charge is 1.83. The highest BCUT2D eigenvalue weighted by Crippen LogP contribution is 1.74. The summed E-state index contributed by atoms with van der Waals surface area (Å²) >= 11 is 0. The summed E-state index contributed by atoms with van der Waals surface area (Å²) in [4.78, 5) is 0. The molecule has 0 bridgehead atoms. The number of rotatable bonds is 6. The Bertz CT molecular complexity index is 44.3. The van der Waals surface area contributed by atoms with Gasteiger partial charge in [0.2, 0.25) is 0 Å². The van der Waals surface area contributed by atoms with Crippen molar-refractivity contribution in [2.45, 2.75) is 6.42 Å². The van der Waals surface area contributed by atoms with E-state index in [1.807, 2.05) is 0 Å². The molecule has 0 fully saturated rings. The quantitative estimate of drug-likeness (QED) is 0.482. The third kappa shape index (κ3) is 7.88. The van der Waals surface area contributed by atoms with Crippen molar-refractivity contribution in [2.24, 2.45) is 5.73 Å². The van der Waals surface area contributed by atoms with Gasteiger partial charge in [0.25, 0.3) is 0 Å². The van der Waals surface area contributed by atoms with Gasteiger partial charge in [0.05, 0.1) is 0 Å². The SMILES string of the molecule is COCCCNCCN. The maximum Gasteiger partial charge on any atom is 0.0474 e. The molecule has 0 aromatic rings. The van der Waals surface area contributed by atoms with Crippen molar-refractivity contribution >= 4 is 0 Å². The summed E-state index contributed by atoms with van der Waals surface area (Å²) in [6, 6.07) is 0. The van der Waals surface area contributed by atoms with Crippen LogP contribution in [0.3, 0.4) is 0 Å². The predicted octanol–water partition coefficient (Wildman–Crippen LogP) is -0.429. The molecule has 0 aliphatic carbocycles. The minimum atomic E-state index is 0.715. The van der Waals surface area contributed by atoms with Crippen LogP contribution >= 0.6 is 0 Å². The first kappa shape index (κ1) is 8.88. The standard InChI is InChI=1S/C6H16N2O/c1-9-6-2-4-8-5-3-7/h8H,2-7H2,1H3. The number of methoxy groups -OCH3 is 1. The van der Waals surface area contributed by atoms with Crippen molar-refractivity contribution in [1.29, 1.82) is 0 Å². The minimum absolute atomic E-state index is 0.715. The van der Waals surface area contributed by atoms with Gasteiger partial charge in [-0.15, -0.1) is 0 Å². The molecule has 0 radical (unpaired) electrons. The van der Waals surface area contributed by atoms with E-state index in [-0.39, 0.29) is 0 Å². The van der Waals surface area contributed by atoms with E-state index in [1.54, 1.807) is 7.11 Å². The van der Waals surface area contributed by atoms with Crippen LogP contribution in [-0.4, -0.2) is 33.4 Å². The second kappa shape index (κ2) is 7.88. The molecule has 56 valence electrons. The van der Waals surface area contributed by atoms with Crippen LogP contribution in [0.15, 0.2) is 0 Å². The summed E-state index contributed by atoms with van der Waals surface area (Å²) in [6.07, 6.45) is 1.07. The van der Waals surface area contributed by atoms with Crippen LogP contribution in [0.5, 0.6) is 0 Å². The Labute approximate surface area is 56.6 Å². The lowest BCUT2D eigenvalue weighted by atomic mass is 10.4. The van der Waals surface area contributed by atoms with Crippen molar-refractivity contribution in [3.8, 4) is 0 Å². The zero-order valence-electron chi connectivity index (χ0n) is 6.02. The molecule has 0 aliphatic rings. The van der Waals surface area contributed by atoms with Gasteiger partial charge in [0.1, 0.15) is 0 Å². The molecule has 0 saturated carbocycles. The van der Waals surface area contributed by atoms with E-state index in [9.17, 15) is 0 Å². The largest absolute Gasteiger partial charge is 0.385 e. The fourth-order valence-electron chi connectivity index (χ4n) is 0.569. The van der Waals surface area contributed by atoms with Crippen LogP contribution in [0.2, 0.25) is 0 Å². The van der Waals surface area contributed by atoms with E-state index in [4.69, 9.17) is 10.5 Å². The van der Waals surface area contributed by atoms with Gasteiger partial charge in [-0.2, -0.15) is 0 Å². The Morgan fingerprint density at radius 1 is 1.44 bits per heavy atom. The third-order valence-corrected chi connectivity index (χ3v) is 1.02. The van der Waals surface area contributed by atoms with Crippen molar-refractivity contribution in [3.05, 3.63) is 0 Å². The Hall–Kier alpha value is -0.120. The molecule has 3 nitrogen and oxygen atoms in total. The third-order valence-electron chi connectivity index (χ3n) is 1.02. The van der Waals surface area contributed by atoms with Gasteiger partial charge in [-0.3, -0.25) is 0 Å². The summed E-state index contributed by atoms with van der Waals surface area (Å²) < 4.78 is 4.85. The second-order valence-electron chi connectivity index (χ2n) is 1.89. The normalized spacial score (nSPS) is 10.0. The zero-order chi connectivity index (χ0) is 6.95. The highest BCUT2D eigenvalue weighted by molar-refractivity contribution is 4.46. The van der Waals surface area contributed by atoms with Crippen molar-refractivity contribution in [2.75, 3.05) is 33.4 Å². The number of nitrogens with one attached hydrogen (secondary N) is 1. The molecular formula is C6H16N2O. The Morgan fingerprint density at radius 3 is 2.78 bits per heavy atom. The maximum atomic E-state index is 5.25. The molecule has 0 atom stereocenters. The lowest BCUT2D eigenvalue weighted by molar-refractivity contribution is 0.194. The molecule has 0 amide bonds. The topological polar surface area (TPSA) is 47.3 Å². The number of ether oxygens (including phenoxy) is 1. The summed E-state index contributed by atoms with van der Waals surface area (Å²) in [7, 11) is 1.71. The smallest absolute Gasteiger partial charge is 0.0474 e. The Kier molecular flexibility index (Phi) is 7.77. The van der Waals surface area contributed by atoms with Gasteiger partial charge in [-0.1, -0.05) is 0 Å². The first-order valence-electron chi connectivity index (χ1n) is 3.31. The number of nitrogens with two attached hydrogens (primary N) is 1. The van der Waals surface area contributed by atoms with Gasteiger partial charge in [-0.05, 0) is 13.0 Å². The van der Waals surface area contributed by atoms with Crippen LogP contribution in [-0.2, 0) is 4.74 Å². The van der Waals surface area contributed by atoms with Gasteiger partial charge < -0.3 is 15.8 Å². The number of hydrogen-bond donors (Lipinski definition) is 2. The molecule has 0 aliphatic heterocycles.